The lowest BCUT2D eigenvalue weighted by molar-refractivity contribution is 0.628. The summed E-state index contributed by atoms with van der Waals surface area (Å²) in [6.07, 6.45) is 3.44. The minimum atomic E-state index is -0.270. The number of benzene rings is 1. The van der Waals surface area contributed by atoms with Crippen LogP contribution < -0.4 is 11.1 Å². The molecule has 20 heavy (non-hydrogen) atoms. The first kappa shape index (κ1) is 14.2. The number of unbranched alkanes of at least 4 members (excludes halogenated alkanes) is 2. The van der Waals surface area contributed by atoms with Gasteiger partial charge in [0.1, 0.15) is 11.6 Å². The van der Waals surface area contributed by atoms with E-state index in [0.717, 1.165) is 18.5 Å². The van der Waals surface area contributed by atoms with Gasteiger partial charge in [0.2, 0.25) is 5.95 Å². The first-order valence-corrected chi connectivity index (χ1v) is 6.83. The smallest absolute Gasteiger partial charge is 0.222 e. The number of halogens is 1. The molecule has 0 saturated heterocycles. The van der Waals surface area contributed by atoms with Crippen LogP contribution in [0.2, 0.25) is 0 Å². The van der Waals surface area contributed by atoms with Gasteiger partial charge in [0.05, 0.1) is 5.69 Å². The van der Waals surface area contributed by atoms with Crippen LogP contribution in [0.15, 0.2) is 30.3 Å². The Bertz CT molecular complexity index is 554. The van der Waals surface area contributed by atoms with Crippen molar-refractivity contribution in [1.29, 1.82) is 0 Å². The lowest BCUT2D eigenvalue weighted by Crippen LogP contribution is -2.06. The van der Waals surface area contributed by atoms with E-state index in [1.165, 1.54) is 25.0 Å². The molecular formula is C15H19FN4. The van der Waals surface area contributed by atoms with Gasteiger partial charge in [-0.15, -0.1) is 0 Å². The van der Waals surface area contributed by atoms with Crippen LogP contribution in [0.4, 0.5) is 16.2 Å². The van der Waals surface area contributed by atoms with Crippen LogP contribution in [-0.4, -0.2) is 16.5 Å². The van der Waals surface area contributed by atoms with E-state index in [9.17, 15) is 4.39 Å². The van der Waals surface area contributed by atoms with Gasteiger partial charge in [0.25, 0.3) is 0 Å². The zero-order valence-corrected chi connectivity index (χ0v) is 11.6. The van der Waals surface area contributed by atoms with Gasteiger partial charge < -0.3 is 11.1 Å². The van der Waals surface area contributed by atoms with Crippen LogP contribution in [0.25, 0.3) is 11.3 Å². The fourth-order valence-corrected chi connectivity index (χ4v) is 1.92. The molecule has 0 spiro atoms. The van der Waals surface area contributed by atoms with Crippen molar-refractivity contribution in [3.05, 3.63) is 36.1 Å². The molecule has 0 unspecified atom stereocenters. The molecule has 0 aliphatic carbocycles. The second-order valence-corrected chi connectivity index (χ2v) is 4.64. The standard InChI is InChI=1S/C15H19FN4/c1-2-3-4-9-18-14-10-13(19-15(17)20-14)11-5-7-12(16)8-6-11/h5-8,10H,2-4,9H2,1H3,(H3,17,18,19,20). The molecule has 106 valence electrons. The monoisotopic (exact) mass is 274 g/mol. The van der Waals surface area contributed by atoms with Gasteiger partial charge in [-0.3, -0.25) is 0 Å². The van der Waals surface area contributed by atoms with Crippen molar-refractivity contribution >= 4 is 11.8 Å². The number of hydrogen-bond donors (Lipinski definition) is 2. The Hall–Kier alpha value is -2.17. The highest BCUT2D eigenvalue weighted by molar-refractivity contribution is 5.63. The summed E-state index contributed by atoms with van der Waals surface area (Å²) in [5.74, 6) is 0.645. The Kier molecular flexibility index (Phi) is 4.87. The maximum Gasteiger partial charge on any atom is 0.222 e. The van der Waals surface area contributed by atoms with Crippen molar-refractivity contribution in [1.82, 2.24) is 9.97 Å². The van der Waals surface area contributed by atoms with E-state index in [-0.39, 0.29) is 11.8 Å². The lowest BCUT2D eigenvalue weighted by Gasteiger charge is -2.08. The largest absolute Gasteiger partial charge is 0.370 e. The van der Waals surface area contributed by atoms with E-state index >= 15 is 0 Å². The highest BCUT2D eigenvalue weighted by Gasteiger charge is 2.05. The number of nitrogens with zero attached hydrogens (tertiary/aromatic N) is 2. The Labute approximate surface area is 118 Å². The van der Waals surface area contributed by atoms with Gasteiger partial charge in [0.15, 0.2) is 0 Å². The maximum absolute atomic E-state index is 12.9. The van der Waals surface area contributed by atoms with Gasteiger partial charge >= 0.3 is 0 Å². The van der Waals surface area contributed by atoms with Crippen molar-refractivity contribution in [3.63, 3.8) is 0 Å². The Balaban J connectivity index is 2.13. The summed E-state index contributed by atoms with van der Waals surface area (Å²) in [6, 6.07) is 8.00. The van der Waals surface area contributed by atoms with E-state index in [0.29, 0.717) is 11.5 Å². The molecule has 3 N–H and O–H groups in total. The third kappa shape index (κ3) is 3.91. The molecule has 0 saturated carbocycles. The molecule has 0 amide bonds. The van der Waals surface area contributed by atoms with Crippen LogP contribution in [0.3, 0.4) is 0 Å². The Morgan fingerprint density at radius 2 is 1.90 bits per heavy atom. The molecule has 0 radical (unpaired) electrons. The highest BCUT2D eigenvalue weighted by Crippen LogP contribution is 2.21. The average molecular weight is 274 g/mol. The summed E-state index contributed by atoms with van der Waals surface area (Å²) in [6.45, 7) is 3.02. The first-order valence-electron chi connectivity index (χ1n) is 6.83. The van der Waals surface area contributed by atoms with E-state index in [1.54, 1.807) is 12.1 Å². The van der Waals surface area contributed by atoms with Crippen molar-refractivity contribution in [2.75, 3.05) is 17.6 Å². The summed E-state index contributed by atoms with van der Waals surface area (Å²) < 4.78 is 12.9. The van der Waals surface area contributed by atoms with Crippen LogP contribution in [0.5, 0.6) is 0 Å². The second-order valence-electron chi connectivity index (χ2n) is 4.64. The van der Waals surface area contributed by atoms with E-state index in [4.69, 9.17) is 5.73 Å². The normalized spacial score (nSPS) is 10.5. The van der Waals surface area contributed by atoms with Gasteiger partial charge in [-0.1, -0.05) is 19.8 Å². The molecule has 1 aromatic carbocycles. The first-order chi connectivity index (χ1) is 9.69. The van der Waals surface area contributed by atoms with Crippen LogP contribution >= 0.6 is 0 Å². The molecule has 1 heterocycles. The summed E-state index contributed by atoms with van der Waals surface area (Å²) in [5, 5.41) is 3.24. The molecule has 4 nitrogen and oxygen atoms in total. The topological polar surface area (TPSA) is 63.8 Å². The summed E-state index contributed by atoms with van der Waals surface area (Å²) in [5.41, 5.74) is 7.23. The third-order valence-corrected chi connectivity index (χ3v) is 2.97. The predicted octanol–water partition coefficient (Wildman–Crippen LogP) is 3.47. The fourth-order valence-electron chi connectivity index (χ4n) is 1.92. The minimum absolute atomic E-state index is 0.213. The average Bonchev–Trinajstić information content (AvgIpc) is 2.44. The molecule has 5 heteroatoms. The quantitative estimate of drug-likeness (QED) is 0.792. The minimum Gasteiger partial charge on any atom is -0.370 e. The number of nitrogens with one attached hydrogen (secondary N) is 1. The molecule has 1 aromatic heterocycles. The van der Waals surface area contributed by atoms with Crippen molar-refractivity contribution in [2.24, 2.45) is 0 Å². The second kappa shape index (κ2) is 6.84. The molecule has 0 atom stereocenters. The van der Waals surface area contributed by atoms with Gasteiger partial charge in [-0.25, -0.2) is 9.37 Å². The van der Waals surface area contributed by atoms with Crippen molar-refractivity contribution in [2.45, 2.75) is 26.2 Å². The summed E-state index contributed by atoms with van der Waals surface area (Å²) in [7, 11) is 0. The van der Waals surface area contributed by atoms with Crippen LogP contribution in [-0.2, 0) is 0 Å². The van der Waals surface area contributed by atoms with E-state index in [1.807, 2.05) is 6.07 Å². The lowest BCUT2D eigenvalue weighted by atomic mass is 10.1. The number of aromatic nitrogens is 2. The number of anilines is 2. The SMILES string of the molecule is CCCCCNc1cc(-c2ccc(F)cc2)nc(N)n1. The fraction of sp³-hybridized carbons (Fsp3) is 0.333. The van der Waals surface area contributed by atoms with Gasteiger partial charge in [-0.2, -0.15) is 4.98 Å². The molecule has 0 fully saturated rings. The molecule has 2 rings (SSSR count). The number of nitrogen functional groups attached to an aromatic ring is 1. The van der Waals surface area contributed by atoms with Crippen LogP contribution in [0.1, 0.15) is 26.2 Å². The molecule has 2 aromatic rings. The van der Waals surface area contributed by atoms with Crippen molar-refractivity contribution < 1.29 is 4.39 Å². The van der Waals surface area contributed by atoms with Crippen molar-refractivity contribution in [3.8, 4) is 11.3 Å². The number of nitrogens with two attached hydrogens (primary N) is 1. The van der Waals surface area contributed by atoms with Gasteiger partial charge in [-0.05, 0) is 30.7 Å². The zero-order valence-electron chi connectivity index (χ0n) is 11.6. The Morgan fingerprint density at radius 3 is 2.60 bits per heavy atom. The number of hydrogen-bond acceptors (Lipinski definition) is 4. The highest BCUT2D eigenvalue weighted by atomic mass is 19.1. The molecule has 0 aliphatic rings. The van der Waals surface area contributed by atoms with E-state index in [2.05, 4.69) is 22.2 Å². The Morgan fingerprint density at radius 1 is 1.15 bits per heavy atom. The maximum atomic E-state index is 12.9. The molecular weight excluding hydrogens is 255 g/mol. The molecule has 0 aliphatic heterocycles. The third-order valence-electron chi connectivity index (χ3n) is 2.97. The zero-order chi connectivity index (χ0) is 14.4. The number of rotatable bonds is 6. The van der Waals surface area contributed by atoms with E-state index < -0.39 is 0 Å². The van der Waals surface area contributed by atoms with Crippen LogP contribution in [0, 0.1) is 5.82 Å². The molecule has 0 bridgehead atoms. The summed E-state index contributed by atoms with van der Waals surface area (Å²) >= 11 is 0. The summed E-state index contributed by atoms with van der Waals surface area (Å²) in [4.78, 5) is 8.34. The van der Waals surface area contributed by atoms with Gasteiger partial charge in [0, 0.05) is 18.2 Å². The predicted molar refractivity (Wildman–Crippen MR) is 79.9 cm³/mol.